The predicted molar refractivity (Wildman–Crippen MR) is 69.9 cm³/mol. The molecule has 0 saturated heterocycles. The van der Waals surface area contributed by atoms with Crippen molar-refractivity contribution < 1.29 is 21.6 Å². The van der Waals surface area contributed by atoms with E-state index in [1.807, 2.05) is 4.72 Å². The predicted octanol–water partition coefficient (Wildman–Crippen LogP) is 1.82. The number of nitrogens with zero attached hydrogens (tertiary/aromatic N) is 2. The second-order valence-electron chi connectivity index (χ2n) is 4.24. The van der Waals surface area contributed by atoms with Crippen LogP contribution in [0.4, 0.5) is 24.7 Å². The average molecular weight is 320 g/mol. The molecule has 0 radical (unpaired) electrons. The number of aromatic nitrogens is 2. The summed E-state index contributed by atoms with van der Waals surface area (Å²) in [5.74, 6) is -0.239. The van der Waals surface area contributed by atoms with E-state index in [0.717, 1.165) is 18.3 Å². The molecule has 10 heteroatoms. The van der Waals surface area contributed by atoms with Crippen LogP contribution in [0, 0.1) is 0 Å². The molecule has 0 aliphatic heterocycles. The molecule has 1 aromatic carbocycles. The van der Waals surface area contributed by atoms with Gasteiger partial charge in [0.2, 0.25) is 0 Å². The number of anilines is 2. The third-order valence-corrected chi connectivity index (χ3v) is 3.95. The zero-order valence-electron chi connectivity index (χ0n) is 10.7. The summed E-state index contributed by atoms with van der Waals surface area (Å²) >= 11 is 0. The maximum Gasteiger partial charge on any atom is 0.416 e. The molecule has 0 aliphatic rings. The lowest BCUT2D eigenvalue weighted by molar-refractivity contribution is -0.137. The van der Waals surface area contributed by atoms with Crippen molar-refractivity contribution in [1.29, 1.82) is 0 Å². The molecule has 0 saturated carbocycles. The van der Waals surface area contributed by atoms with Crippen molar-refractivity contribution in [2.75, 3.05) is 10.5 Å². The van der Waals surface area contributed by atoms with Crippen molar-refractivity contribution in [1.82, 2.24) is 9.78 Å². The number of aryl methyl sites for hydroxylation is 1. The first kappa shape index (κ1) is 15.2. The van der Waals surface area contributed by atoms with E-state index in [0.29, 0.717) is 6.07 Å². The third kappa shape index (κ3) is 3.27. The van der Waals surface area contributed by atoms with Crippen LogP contribution in [-0.4, -0.2) is 18.2 Å². The summed E-state index contributed by atoms with van der Waals surface area (Å²) < 4.78 is 65.1. The molecular formula is C11H11F3N4O2S. The lowest BCUT2D eigenvalue weighted by atomic mass is 10.2. The van der Waals surface area contributed by atoms with Gasteiger partial charge in [0.15, 0.2) is 5.82 Å². The van der Waals surface area contributed by atoms with Crippen molar-refractivity contribution in [3.05, 3.63) is 36.0 Å². The average Bonchev–Trinajstić information content (AvgIpc) is 2.68. The highest BCUT2D eigenvalue weighted by Gasteiger charge is 2.31. The third-order valence-electron chi connectivity index (χ3n) is 2.55. The molecule has 0 atom stereocenters. The molecule has 6 nitrogen and oxygen atoms in total. The fraction of sp³-hybridized carbons (Fsp3) is 0.182. The van der Waals surface area contributed by atoms with Gasteiger partial charge in [-0.25, -0.2) is 8.42 Å². The summed E-state index contributed by atoms with van der Waals surface area (Å²) in [5, 5.41) is 3.67. The highest BCUT2D eigenvalue weighted by Crippen LogP contribution is 2.31. The van der Waals surface area contributed by atoms with Crippen LogP contribution >= 0.6 is 0 Å². The van der Waals surface area contributed by atoms with E-state index >= 15 is 0 Å². The van der Waals surface area contributed by atoms with Crippen molar-refractivity contribution >= 4 is 21.5 Å². The highest BCUT2D eigenvalue weighted by atomic mass is 32.2. The molecule has 21 heavy (non-hydrogen) atoms. The summed E-state index contributed by atoms with van der Waals surface area (Å²) in [6.07, 6.45) is -3.40. The van der Waals surface area contributed by atoms with Crippen LogP contribution in [-0.2, 0) is 23.2 Å². The van der Waals surface area contributed by atoms with Crippen molar-refractivity contribution in [2.24, 2.45) is 7.05 Å². The molecule has 0 aliphatic carbocycles. The Bertz CT molecular complexity index is 768. The topological polar surface area (TPSA) is 90.0 Å². The first-order valence-electron chi connectivity index (χ1n) is 5.59. The van der Waals surface area contributed by atoms with Crippen LogP contribution in [0.3, 0.4) is 0 Å². The number of nitrogens with one attached hydrogen (secondary N) is 1. The van der Waals surface area contributed by atoms with Gasteiger partial charge in [0.1, 0.15) is 4.90 Å². The number of alkyl halides is 3. The van der Waals surface area contributed by atoms with Gasteiger partial charge in [-0.2, -0.15) is 18.3 Å². The van der Waals surface area contributed by atoms with E-state index in [9.17, 15) is 21.6 Å². The molecule has 2 aromatic rings. The maximum atomic E-state index is 12.6. The lowest BCUT2D eigenvalue weighted by Crippen LogP contribution is -2.14. The van der Waals surface area contributed by atoms with Crippen molar-refractivity contribution in [2.45, 2.75) is 11.1 Å². The Morgan fingerprint density at radius 3 is 2.52 bits per heavy atom. The summed E-state index contributed by atoms with van der Waals surface area (Å²) in [6.45, 7) is 0. The van der Waals surface area contributed by atoms with Gasteiger partial charge in [-0.15, -0.1) is 0 Å². The Morgan fingerprint density at radius 1 is 1.33 bits per heavy atom. The number of hydrogen-bond acceptors (Lipinski definition) is 4. The normalized spacial score (nSPS) is 12.4. The second kappa shape index (κ2) is 4.95. The highest BCUT2D eigenvalue weighted by molar-refractivity contribution is 7.92. The van der Waals surface area contributed by atoms with E-state index in [-0.39, 0.29) is 16.4 Å². The van der Waals surface area contributed by atoms with Gasteiger partial charge in [-0.1, -0.05) is 6.07 Å². The Morgan fingerprint density at radius 2 is 2.00 bits per heavy atom. The maximum absolute atomic E-state index is 12.6. The van der Waals surface area contributed by atoms with Crippen LogP contribution in [0.1, 0.15) is 5.56 Å². The smallest absolute Gasteiger partial charge is 0.381 e. The summed E-state index contributed by atoms with van der Waals surface area (Å²) in [4.78, 5) is -0.303. The van der Waals surface area contributed by atoms with Gasteiger partial charge in [-0.3, -0.25) is 9.40 Å². The molecule has 0 amide bonds. The molecule has 0 unspecified atom stereocenters. The number of sulfonamides is 1. The molecular weight excluding hydrogens is 309 g/mol. The van der Waals surface area contributed by atoms with Gasteiger partial charge < -0.3 is 5.73 Å². The van der Waals surface area contributed by atoms with Gasteiger partial charge >= 0.3 is 6.18 Å². The first-order valence-corrected chi connectivity index (χ1v) is 7.07. The fourth-order valence-corrected chi connectivity index (χ4v) is 2.81. The number of hydrogen-bond donors (Lipinski definition) is 2. The van der Waals surface area contributed by atoms with Gasteiger partial charge in [0.05, 0.1) is 5.56 Å². The van der Waals surface area contributed by atoms with Crippen LogP contribution in [0.15, 0.2) is 35.4 Å². The van der Waals surface area contributed by atoms with Crippen molar-refractivity contribution in [3.63, 3.8) is 0 Å². The molecule has 0 bridgehead atoms. The van der Waals surface area contributed by atoms with Crippen molar-refractivity contribution in [3.8, 4) is 0 Å². The van der Waals surface area contributed by atoms with Crippen LogP contribution < -0.4 is 10.5 Å². The Kier molecular flexibility index (Phi) is 3.58. The molecule has 2 rings (SSSR count). The number of halogens is 3. The molecule has 0 spiro atoms. The molecule has 1 aromatic heterocycles. The molecule has 3 N–H and O–H groups in total. The zero-order chi connectivity index (χ0) is 15.8. The van der Waals surface area contributed by atoms with Gasteiger partial charge in [0.25, 0.3) is 10.0 Å². The Labute approximate surface area is 118 Å². The minimum atomic E-state index is -4.56. The zero-order valence-corrected chi connectivity index (χ0v) is 11.5. The van der Waals surface area contributed by atoms with Crippen LogP contribution in [0.5, 0.6) is 0 Å². The minimum Gasteiger partial charge on any atom is -0.381 e. The van der Waals surface area contributed by atoms with Gasteiger partial charge in [0, 0.05) is 18.9 Å². The van der Waals surface area contributed by atoms with E-state index in [1.54, 1.807) is 0 Å². The number of nitrogen functional groups attached to an aromatic ring is 1. The quantitative estimate of drug-likeness (QED) is 0.902. The molecule has 114 valence electrons. The lowest BCUT2D eigenvalue weighted by Gasteiger charge is -2.10. The number of rotatable bonds is 3. The van der Waals surface area contributed by atoms with E-state index < -0.39 is 21.8 Å². The Hall–Kier alpha value is -2.23. The standard InChI is InChI=1S/C11H11F3N4O2S/c1-18-6-9(10(15)16-18)21(19,20)17-8-4-2-3-7(5-8)11(12,13)14/h2-6,17H,1H3,(H2,15,16). The summed E-state index contributed by atoms with van der Waals surface area (Å²) in [5.41, 5.74) is 4.28. The van der Waals surface area contributed by atoms with Crippen LogP contribution in [0.2, 0.25) is 0 Å². The first-order chi connectivity index (χ1) is 9.59. The monoisotopic (exact) mass is 320 g/mol. The summed E-state index contributed by atoms with van der Waals surface area (Å²) in [6, 6.07) is 3.85. The SMILES string of the molecule is Cn1cc(S(=O)(=O)Nc2cccc(C(F)(F)F)c2)c(N)n1. The van der Waals surface area contributed by atoms with E-state index in [2.05, 4.69) is 5.10 Å². The largest absolute Gasteiger partial charge is 0.416 e. The molecule has 0 fully saturated rings. The number of nitrogens with two attached hydrogens (primary N) is 1. The van der Waals surface area contributed by atoms with Gasteiger partial charge in [-0.05, 0) is 18.2 Å². The van der Waals surface area contributed by atoms with Crippen LogP contribution in [0.25, 0.3) is 0 Å². The Balaban J connectivity index is 2.36. The minimum absolute atomic E-state index is 0.215. The summed E-state index contributed by atoms with van der Waals surface area (Å²) in [7, 11) is -2.64. The second-order valence-corrected chi connectivity index (χ2v) is 5.89. The number of benzene rings is 1. The van der Waals surface area contributed by atoms with E-state index in [1.165, 1.54) is 17.8 Å². The van der Waals surface area contributed by atoms with E-state index in [4.69, 9.17) is 5.73 Å². The fourth-order valence-electron chi connectivity index (χ4n) is 1.66. The molecule has 1 heterocycles.